The topological polar surface area (TPSA) is 84.9 Å². The number of amides is 1. The van der Waals surface area contributed by atoms with Crippen molar-refractivity contribution in [3.05, 3.63) is 73.5 Å². The molecule has 1 amide bonds. The van der Waals surface area contributed by atoms with Crippen molar-refractivity contribution >= 4 is 50.7 Å². The highest BCUT2D eigenvalue weighted by Crippen LogP contribution is 2.55. The average Bonchev–Trinajstić information content (AvgIpc) is 2.92. The minimum atomic E-state index is -0.510. The Hall–Kier alpha value is -3.10. The Labute approximate surface area is 279 Å². The molecule has 0 fully saturated rings. The van der Waals surface area contributed by atoms with E-state index in [-0.39, 0.29) is 34.9 Å². The quantitative estimate of drug-likeness (QED) is 0.298. The van der Waals surface area contributed by atoms with Crippen molar-refractivity contribution in [1.29, 1.82) is 0 Å². The maximum absolute atomic E-state index is 14.0. The second-order valence-corrected chi connectivity index (χ2v) is 15.1. The maximum Gasteiger partial charge on any atom is 0.262 e. The van der Waals surface area contributed by atoms with Crippen molar-refractivity contribution in [3.8, 4) is 11.5 Å². The van der Waals surface area contributed by atoms with Gasteiger partial charge in [-0.3, -0.25) is 14.4 Å². The third-order valence-corrected chi connectivity index (χ3v) is 9.80. The van der Waals surface area contributed by atoms with E-state index >= 15 is 0 Å². The summed E-state index contributed by atoms with van der Waals surface area (Å²) >= 11 is 9.89. The van der Waals surface area contributed by atoms with Gasteiger partial charge in [0.15, 0.2) is 29.7 Å². The Balaban J connectivity index is 1.55. The van der Waals surface area contributed by atoms with Gasteiger partial charge in [0.25, 0.3) is 5.91 Å². The minimum absolute atomic E-state index is 0.0798. The van der Waals surface area contributed by atoms with Gasteiger partial charge in [-0.15, -0.1) is 0 Å². The van der Waals surface area contributed by atoms with Crippen molar-refractivity contribution in [2.45, 2.75) is 80.1 Å². The van der Waals surface area contributed by atoms with E-state index in [0.29, 0.717) is 63.8 Å². The van der Waals surface area contributed by atoms with E-state index in [1.165, 1.54) is 0 Å². The molecule has 45 heavy (non-hydrogen) atoms. The number of Topliss-reactive ketones (excluding diaryl/α,β-unsaturated/α-hetero) is 2. The number of anilines is 1. The summed E-state index contributed by atoms with van der Waals surface area (Å²) in [5.41, 5.74) is 5.38. The first kappa shape index (κ1) is 33.3. The first-order chi connectivity index (χ1) is 21.1. The van der Waals surface area contributed by atoms with E-state index in [1.54, 1.807) is 12.1 Å². The van der Waals surface area contributed by atoms with Gasteiger partial charge in [-0.1, -0.05) is 45.4 Å². The van der Waals surface area contributed by atoms with Crippen molar-refractivity contribution in [1.82, 2.24) is 4.90 Å². The largest absolute Gasteiger partial charge is 0.490 e. The number of benzene rings is 2. The molecule has 1 heterocycles. The van der Waals surface area contributed by atoms with Crippen LogP contribution in [0.1, 0.15) is 84.3 Å². The predicted molar refractivity (Wildman–Crippen MR) is 181 cm³/mol. The molecule has 0 aromatic heterocycles. The molecule has 7 nitrogen and oxygen atoms in total. The number of hydrogen-bond donors (Lipinski definition) is 1. The molecule has 5 rings (SSSR count). The summed E-state index contributed by atoms with van der Waals surface area (Å²) in [6, 6.07) is 9.08. The van der Waals surface area contributed by atoms with Crippen LogP contribution in [-0.4, -0.2) is 42.1 Å². The average molecular weight is 698 g/mol. The van der Waals surface area contributed by atoms with Crippen molar-refractivity contribution in [2.24, 2.45) is 10.8 Å². The summed E-state index contributed by atoms with van der Waals surface area (Å²) in [5.74, 6) is 0.106. The van der Waals surface area contributed by atoms with E-state index in [9.17, 15) is 14.4 Å². The first-order valence-electron chi connectivity index (χ1n) is 15.6. The number of rotatable bonds is 8. The van der Waals surface area contributed by atoms with Gasteiger partial charge in [0.1, 0.15) is 0 Å². The molecule has 0 atom stereocenters. The van der Waals surface area contributed by atoms with Crippen LogP contribution in [0.2, 0.25) is 5.02 Å². The second kappa shape index (κ2) is 12.6. The van der Waals surface area contributed by atoms with Crippen molar-refractivity contribution in [2.75, 3.05) is 25.1 Å². The van der Waals surface area contributed by atoms with Crippen molar-refractivity contribution < 1.29 is 23.9 Å². The van der Waals surface area contributed by atoms with Crippen LogP contribution in [0.5, 0.6) is 11.5 Å². The highest BCUT2D eigenvalue weighted by molar-refractivity contribution is 9.10. The fourth-order valence-corrected chi connectivity index (χ4v) is 7.68. The van der Waals surface area contributed by atoms with Gasteiger partial charge >= 0.3 is 0 Å². The maximum atomic E-state index is 14.0. The van der Waals surface area contributed by atoms with E-state index < -0.39 is 5.92 Å². The molecular weight excluding hydrogens is 656 g/mol. The third kappa shape index (κ3) is 6.73. The standard InChI is InChI=1S/C36H42BrClN2O5/c1-8-40-25-15-35(4,5)17-27(41)32(25)31(33-26(40)16-36(6,7)18-28(33)42)21-12-23(37)34(29(13-21)44-9-2)45-19-30(43)39-22-11-10-20(3)24(38)14-22/h10-14,31H,8-9,15-19H2,1-7H3,(H,39,43). The lowest BCUT2D eigenvalue weighted by Gasteiger charge is -2.49. The fraction of sp³-hybridized carbons (Fsp3) is 0.472. The van der Waals surface area contributed by atoms with Crippen LogP contribution in [0.25, 0.3) is 0 Å². The molecule has 0 unspecified atom stereocenters. The molecule has 3 aliphatic rings. The third-order valence-electron chi connectivity index (χ3n) is 8.81. The number of ether oxygens (including phenoxy) is 2. The zero-order valence-corrected chi connectivity index (χ0v) is 29.5. The number of allylic oxidation sites excluding steroid dienone is 4. The Kier molecular flexibility index (Phi) is 9.31. The SMILES string of the molecule is CCOc1cc(C2C3=C(CC(C)(C)CC3=O)N(CC)C3=C2C(=O)CC(C)(C)C3)cc(Br)c1OCC(=O)Nc1ccc(C)c(Cl)c1. The normalized spacial score (nSPS) is 19.4. The Bertz CT molecular complexity index is 1590. The van der Waals surface area contributed by atoms with Crippen LogP contribution in [0.15, 0.2) is 57.3 Å². The zero-order valence-electron chi connectivity index (χ0n) is 27.2. The van der Waals surface area contributed by atoms with Crippen molar-refractivity contribution in [3.63, 3.8) is 0 Å². The summed E-state index contributed by atoms with van der Waals surface area (Å²) in [4.78, 5) is 43.0. The van der Waals surface area contributed by atoms with Crippen LogP contribution in [-0.2, 0) is 14.4 Å². The number of halogens is 2. The molecule has 240 valence electrons. The Morgan fingerprint density at radius 1 is 0.956 bits per heavy atom. The number of carbonyl (C=O) groups is 3. The van der Waals surface area contributed by atoms with Gasteiger partial charge in [0.05, 0.1) is 11.1 Å². The van der Waals surface area contributed by atoms with E-state index in [1.807, 2.05) is 32.0 Å². The Morgan fingerprint density at radius 2 is 1.56 bits per heavy atom. The van der Waals surface area contributed by atoms with Gasteiger partial charge < -0.3 is 19.7 Å². The van der Waals surface area contributed by atoms with Gasteiger partial charge in [-0.2, -0.15) is 0 Å². The lowest BCUT2D eigenvalue weighted by molar-refractivity contribution is -0.120. The number of nitrogens with zero attached hydrogens (tertiary/aromatic N) is 1. The number of hydrogen-bond acceptors (Lipinski definition) is 6. The predicted octanol–water partition coefficient (Wildman–Crippen LogP) is 8.53. The summed E-state index contributed by atoms with van der Waals surface area (Å²) in [6.07, 6.45) is 2.35. The first-order valence-corrected chi connectivity index (χ1v) is 16.8. The molecule has 0 spiro atoms. The molecule has 0 saturated heterocycles. The van der Waals surface area contributed by atoms with Crippen LogP contribution in [0.4, 0.5) is 5.69 Å². The van der Waals surface area contributed by atoms with Crippen LogP contribution < -0.4 is 14.8 Å². The molecular formula is C36H42BrClN2O5. The molecule has 1 aliphatic heterocycles. The number of aryl methyl sites for hydroxylation is 1. The number of ketones is 2. The minimum Gasteiger partial charge on any atom is -0.490 e. The highest BCUT2D eigenvalue weighted by atomic mass is 79.9. The smallest absolute Gasteiger partial charge is 0.262 e. The Morgan fingerprint density at radius 3 is 2.09 bits per heavy atom. The van der Waals surface area contributed by atoms with Gasteiger partial charge in [-0.05, 0) is 95.8 Å². The number of carbonyl (C=O) groups excluding carboxylic acids is 3. The highest BCUT2D eigenvalue weighted by Gasteiger charge is 2.48. The summed E-state index contributed by atoms with van der Waals surface area (Å²) < 4.78 is 12.6. The van der Waals surface area contributed by atoms with E-state index in [2.05, 4.69) is 60.8 Å². The molecule has 2 aromatic carbocycles. The lowest BCUT2D eigenvalue weighted by atomic mass is 9.63. The summed E-state index contributed by atoms with van der Waals surface area (Å²) in [7, 11) is 0. The van der Waals surface area contributed by atoms with E-state index in [4.69, 9.17) is 21.1 Å². The lowest BCUT2D eigenvalue weighted by Crippen LogP contribution is -2.44. The summed E-state index contributed by atoms with van der Waals surface area (Å²) in [6.45, 7) is 15.2. The molecule has 0 saturated carbocycles. The molecule has 1 N–H and O–H groups in total. The second-order valence-electron chi connectivity index (χ2n) is 13.8. The monoisotopic (exact) mass is 696 g/mol. The van der Waals surface area contributed by atoms with Gasteiger partial charge in [0, 0.05) is 58.6 Å². The number of nitrogens with one attached hydrogen (secondary N) is 1. The van der Waals surface area contributed by atoms with Crippen LogP contribution in [0, 0.1) is 17.8 Å². The molecule has 9 heteroatoms. The molecule has 2 aliphatic carbocycles. The van der Waals surface area contributed by atoms with Gasteiger partial charge in [0.2, 0.25) is 0 Å². The van der Waals surface area contributed by atoms with Crippen LogP contribution >= 0.6 is 27.5 Å². The van der Waals surface area contributed by atoms with E-state index in [0.717, 1.165) is 35.4 Å². The summed E-state index contributed by atoms with van der Waals surface area (Å²) in [5, 5.41) is 3.37. The molecule has 2 aromatic rings. The zero-order chi connectivity index (χ0) is 32.8. The van der Waals surface area contributed by atoms with Gasteiger partial charge in [-0.25, -0.2) is 0 Å². The van der Waals surface area contributed by atoms with Crippen LogP contribution in [0.3, 0.4) is 0 Å². The molecule has 0 bridgehead atoms. The fourth-order valence-electron chi connectivity index (χ4n) is 6.93. The molecule has 0 radical (unpaired) electrons.